The minimum absolute atomic E-state index is 0.969. The molecule has 0 radical (unpaired) electrons. The summed E-state index contributed by atoms with van der Waals surface area (Å²) < 4.78 is 0. The van der Waals surface area contributed by atoms with Gasteiger partial charge in [-0.25, -0.2) is 4.98 Å². The Bertz CT molecular complexity index is 608. The molecular weight excluding hydrogens is 172 g/mol. The second-order valence-corrected chi connectivity index (χ2v) is 3.52. The third-order valence-corrected chi connectivity index (χ3v) is 2.60. The number of aryl methyl sites for hydroxylation is 1. The van der Waals surface area contributed by atoms with Gasteiger partial charge in [-0.15, -0.1) is 0 Å². The molecule has 0 spiro atoms. The molecule has 3 aromatic rings. The molecule has 2 heterocycles. The van der Waals surface area contributed by atoms with Crippen molar-refractivity contribution < 1.29 is 0 Å². The topological polar surface area (TPSA) is 28.7 Å². The van der Waals surface area contributed by atoms with Crippen molar-refractivity contribution in [2.45, 2.75) is 6.92 Å². The molecule has 0 amide bonds. The minimum Gasteiger partial charge on any atom is -0.339 e. The maximum atomic E-state index is 4.30. The van der Waals surface area contributed by atoms with Crippen LogP contribution in [0.25, 0.3) is 21.9 Å². The van der Waals surface area contributed by atoms with Gasteiger partial charge in [0.1, 0.15) is 5.65 Å². The average molecular weight is 182 g/mol. The standard InChI is InChI=1S/C12H10N2/c1-8-4-2-6-10-11(8)9-5-3-7-13-12(9)14-10/h2-7H,1H3,(H,13,14). The van der Waals surface area contributed by atoms with Crippen LogP contribution in [0.3, 0.4) is 0 Å². The molecule has 0 saturated carbocycles. The van der Waals surface area contributed by atoms with Crippen LogP contribution in [0.15, 0.2) is 36.5 Å². The van der Waals surface area contributed by atoms with Crippen LogP contribution >= 0.6 is 0 Å². The van der Waals surface area contributed by atoms with Crippen LogP contribution < -0.4 is 0 Å². The lowest BCUT2D eigenvalue weighted by Crippen LogP contribution is -1.73. The average Bonchev–Trinajstić information content (AvgIpc) is 2.57. The minimum atomic E-state index is 0.969. The van der Waals surface area contributed by atoms with E-state index in [2.05, 4.69) is 41.2 Å². The molecule has 0 fully saturated rings. The number of nitrogens with zero attached hydrogens (tertiary/aromatic N) is 1. The SMILES string of the molecule is Cc1cccc2[nH]c3ncccc3c12. The van der Waals surface area contributed by atoms with E-state index in [1.165, 1.54) is 21.9 Å². The van der Waals surface area contributed by atoms with Crippen molar-refractivity contribution in [3.8, 4) is 0 Å². The van der Waals surface area contributed by atoms with E-state index < -0.39 is 0 Å². The summed E-state index contributed by atoms with van der Waals surface area (Å²) in [5.74, 6) is 0. The maximum Gasteiger partial charge on any atom is 0.138 e. The van der Waals surface area contributed by atoms with Gasteiger partial charge in [0.2, 0.25) is 0 Å². The molecule has 0 aliphatic heterocycles. The second kappa shape index (κ2) is 2.58. The third kappa shape index (κ3) is 0.880. The lowest BCUT2D eigenvalue weighted by molar-refractivity contribution is 1.35. The second-order valence-electron chi connectivity index (χ2n) is 3.52. The highest BCUT2D eigenvalue weighted by atomic mass is 14.8. The Morgan fingerprint density at radius 1 is 1.14 bits per heavy atom. The summed E-state index contributed by atoms with van der Waals surface area (Å²) in [5.41, 5.74) is 3.43. The fourth-order valence-electron chi connectivity index (χ4n) is 1.96. The Kier molecular flexibility index (Phi) is 1.39. The predicted octanol–water partition coefficient (Wildman–Crippen LogP) is 3.02. The predicted molar refractivity (Wildman–Crippen MR) is 58.3 cm³/mol. The van der Waals surface area contributed by atoms with Gasteiger partial charge >= 0.3 is 0 Å². The molecule has 1 N–H and O–H groups in total. The van der Waals surface area contributed by atoms with E-state index in [4.69, 9.17) is 0 Å². The van der Waals surface area contributed by atoms with E-state index in [9.17, 15) is 0 Å². The number of aromatic nitrogens is 2. The van der Waals surface area contributed by atoms with Crippen LogP contribution in [0.4, 0.5) is 0 Å². The molecule has 0 bridgehead atoms. The Morgan fingerprint density at radius 3 is 3.00 bits per heavy atom. The van der Waals surface area contributed by atoms with Gasteiger partial charge in [0, 0.05) is 22.5 Å². The molecular formula is C12H10N2. The van der Waals surface area contributed by atoms with Crippen LogP contribution in [0.5, 0.6) is 0 Å². The summed E-state index contributed by atoms with van der Waals surface area (Å²) in [6, 6.07) is 10.4. The summed E-state index contributed by atoms with van der Waals surface area (Å²) in [5, 5.41) is 2.50. The lowest BCUT2D eigenvalue weighted by atomic mass is 10.1. The molecule has 0 unspecified atom stereocenters. The lowest BCUT2D eigenvalue weighted by Gasteiger charge is -1.94. The van der Waals surface area contributed by atoms with E-state index in [-0.39, 0.29) is 0 Å². The van der Waals surface area contributed by atoms with E-state index in [0.29, 0.717) is 0 Å². The van der Waals surface area contributed by atoms with Crippen molar-refractivity contribution in [2.75, 3.05) is 0 Å². The molecule has 0 aliphatic rings. The van der Waals surface area contributed by atoms with Crippen molar-refractivity contribution in [3.05, 3.63) is 42.1 Å². The van der Waals surface area contributed by atoms with Crippen LogP contribution in [-0.2, 0) is 0 Å². The fourth-order valence-corrected chi connectivity index (χ4v) is 1.96. The number of hydrogen-bond donors (Lipinski definition) is 1. The van der Waals surface area contributed by atoms with Crippen molar-refractivity contribution in [1.82, 2.24) is 9.97 Å². The number of nitrogens with one attached hydrogen (secondary N) is 1. The highest BCUT2D eigenvalue weighted by Gasteiger charge is 2.05. The number of H-pyrrole nitrogens is 1. The zero-order chi connectivity index (χ0) is 9.54. The number of benzene rings is 1. The first kappa shape index (κ1) is 7.56. The van der Waals surface area contributed by atoms with Crippen LogP contribution in [0, 0.1) is 6.92 Å². The molecule has 14 heavy (non-hydrogen) atoms. The van der Waals surface area contributed by atoms with Crippen LogP contribution in [-0.4, -0.2) is 9.97 Å². The Hall–Kier alpha value is -1.83. The summed E-state index contributed by atoms with van der Waals surface area (Å²) in [6.07, 6.45) is 1.81. The number of pyridine rings is 1. The Labute approximate surface area is 81.6 Å². The van der Waals surface area contributed by atoms with Crippen LogP contribution in [0.1, 0.15) is 5.56 Å². The zero-order valence-corrected chi connectivity index (χ0v) is 7.91. The van der Waals surface area contributed by atoms with Crippen molar-refractivity contribution in [1.29, 1.82) is 0 Å². The molecule has 2 aromatic heterocycles. The smallest absolute Gasteiger partial charge is 0.138 e. The van der Waals surface area contributed by atoms with Crippen molar-refractivity contribution in [2.24, 2.45) is 0 Å². The Balaban J connectivity index is 2.65. The van der Waals surface area contributed by atoms with E-state index in [1.54, 1.807) is 0 Å². The quantitative estimate of drug-likeness (QED) is 0.568. The van der Waals surface area contributed by atoms with Gasteiger partial charge < -0.3 is 4.98 Å². The van der Waals surface area contributed by atoms with E-state index in [1.807, 2.05) is 12.3 Å². The van der Waals surface area contributed by atoms with Gasteiger partial charge in [0.25, 0.3) is 0 Å². The maximum absolute atomic E-state index is 4.30. The number of aromatic amines is 1. The highest BCUT2D eigenvalue weighted by molar-refractivity contribution is 6.07. The normalized spacial score (nSPS) is 11.2. The molecule has 3 rings (SSSR count). The van der Waals surface area contributed by atoms with Gasteiger partial charge in [-0.1, -0.05) is 12.1 Å². The Morgan fingerprint density at radius 2 is 2.07 bits per heavy atom. The van der Waals surface area contributed by atoms with Crippen LogP contribution in [0.2, 0.25) is 0 Å². The van der Waals surface area contributed by atoms with Gasteiger partial charge in [-0.3, -0.25) is 0 Å². The number of hydrogen-bond acceptors (Lipinski definition) is 1. The summed E-state index contributed by atoms with van der Waals surface area (Å²) >= 11 is 0. The number of fused-ring (bicyclic) bond motifs is 3. The first-order valence-corrected chi connectivity index (χ1v) is 4.68. The number of rotatable bonds is 0. The third-order valence-electron chi connectivity index (χ3n) is 2.60. The first-order valence-electron chi connectivity index (χ1n) is 4.68. The molecule has 1 aromatic carbocycles. The van der Waals surface area contributed by atoms with E-state index in [0.717, 1.165) is 5.65 Å². The van der Waals surface area contributed by atoms with E-state index >= 15 is 0 Å². The summed E-state index contributed by atoms with van der Waals surface area (Å²) in [4.78, 5) is 7.61. The van der Waals surface area contributed by atoms with Gasteiger partial charge in [-0.2, -0.15) is 0 Å². The van der Waals surface area contributed by atoms with Crippen molar-refractivity contribution in [3.63, 3.8) is 0 Å². The molecule has 68 valence electrons. The molecule has 0 aliphatic carbocycles. The molecule has 2 heteroatoms. The van der Waals surface area contributed by atoms with Crippen molar-refractivity contribution >= 4 is 21.9 Å². The monoisotopic (exact) mass is 182 g/mol. The fraction of sp³-hybridized carbons (Fsp3) is 0.0833. The molecule has 0 atom stereocenters. The van der Waals surface area contributed by atoms with Gasteiger partial charge in [-0.05, 0) is 30.7 Å². The summed E-state index contributed by atoms with van der Waals surface area (Å²) in [7, 11) is 0. The van der Waals surface area contributed by atoms with Gasteiger partial charge in [0.05, 0.1) is 0 Å². The highest BCUT2D eigenvalue weighted by Crippen LogP contribution is 2.26. The molecule has 2 nitrogen and oxygen atoms in total. The first-order chi connectivity index (χ1) is 6.86. The summed E-state index contributed by atoms with van der Waals surface area (Å²) in [6.45, 7) is 2.13. The largest absolute Gasteiger partial charge is 0.339 e. The molecule has 0 saturated heterocycles. The zero-order valence-electron chi connectivity index (χ0n) is 7.91. The van der Waals surface area contributed by atoms with Gasteiger partial charge in [0.15, 0.2) is 0 Å².